The average Bonchev–Trinajstić information content (AvgIpc) is 3.21. The number of hydrogen-bond donors (Lipinski definition) is 0. The van der Waals surface area contributed by atoms with E-state index in [0.29, 0.717) is 12.1 Å². The molecular weight excluding hydrogens is 454 g/mol. The SMILES string of the molecule is CC(=O)O/N=C(/Cc1ccccc1C)c1ccc(-n2c3ccccc3c3cc([N+](=O)[O-])ccc32)cc1. The largest absolute Gasteiger partial charge is 0.331 e. The molecule has 1 heterocycles. The summed E-state index contributed by atoms with van der Waals surface area (Å²) in [6.07, 6.45) is 0.512. The molecular formula is C29H23N3O4. The van der Waals surface area contributed by atoms with Crippen LogP contribution >= 0.6 is 0 Å². The van der Waals surface area contributed by atoms with Crippen molar-refractivity contribution in [3.05, 3.63) is 118 Å². The number of carbonyl (C=O) groups excluding carboxylic acids is 1. The maximum atomic E-state index is 11.4. The number of carbonyl (C=O) groups is 1. The van der Waals surface area contributed by atoms with Crippen molar-refractivity contribution in [1.29, 1.82) is 0 Å². The first-order chi connectivity index (χ1) is 17.4. The van der Waals surface area contributed by atoms with Crippen molar-refractivity contribution < 1.29 is 14.6 Å². The predicted octanol–water partition coefficient (Wildman–Crippen LogP) is 6.51. The molecule has 0 aliphatic heterocycles. The molecule has 4 aromatic carbocycles. The third-order valence-corrected chi connectivity index (χ3v) is 6.23. The molecule has 0 aliphatic carbocycles. The summed E-state index contributed by atoms with van der Waals surface area (Å²) < 4.78 is 2.09. The highest BCUT2D eigenvalue weighted by atomic mass is 16.7. The number of nitrogens with zero attached hydrogens (tertiary/aromatic N) is 3. The van der Waals surface area contributed by atoms with Crippen LogP contribution in [0, 0.1) is 17.0 Å². The van der Waals surface area contributed by atoms with Gasteiger partial charge in [0, 0.05) is 41.9 Å². The molecule has 0 spiro atoms. The number of fused-ring (bicyclic) bond motifs is 3. The van der Waals surface area contributed by atoms with Gasteiger partial charge in [0.15, 0.2) is 0 Å². The van der Waals surface area contributed by atoms with Crippen molar-refractivity contribution in [1.82, 2.24) is 4.57 Å². The zero-order chi connectivity index (χ0) is 25.2. The first-order valence-corrected chi connectivity index (χ1v) is 11.5. The van der Waals surface area contributed by atoms with Crippen LogP contribution in [0.4, 0.5) is 5.69 Å². The summed E-state index contributed by atoms with van der Waals surface area (Å²) in [5, 5.41) is 17.3. The molecule has 0 N–H and O–H groups in total. The highest BCUT2D eigenvalue weighted by Gasteiger charge is 2.16. The molecule has 5 rings (SSSR count). The van der Waals surface area contributed by atoms with Gasteiger partial charge in [-0.2, -0.15) is 0 Å². The second-order valence-corrected chi connectivity index (χ2v) is 8.58. The van der Waals surface area contributed by atoms with Crippen LogP contribution in [0.1, 0.15) is 23.6 Å². The maximum Gasteiger partial charge on any atom is 0.331 e. The molecule has 7 nitrogen and oxygen atoms in total. The van der Waals surface area contributed by atoms with E-state index < -0.39 is 5.97 Å². The number of aryl methyl sites for hydroxylation is 1. The van der Waals surface area contributed by atoms with Gasteiger partial charge in [-0.1, -0.05) is 59.8 Å². The summed E-state index contributed by atoms with van der Waals surface area (Å²) in [5.41, 5.74) is 6.49. The first kappa shape index (κ1) is 23.0. The van der Waals surface area contributed by atoms with Crippen molar-refractivity contribution >= 4 is 39.2 Å². The highest BCUT2D eigenvalue weighted by Crippen LogP contribution is 2.34. The van der Waals surface area contributed by atoms with Crippen molar-refractivity contribution in [3.63, 3.8) is 0 Å². The normalized spacial score (nSPS) is 11.7. The zero-order valence-electron chi connectivity index (χ0n) is 19.8. The summed E-state index contributed by atoms with van der Waals surface area (Å²) in [6, 6.07) is 28.7. The number of oxime groups is 1. The van der Waals surface area contributed by atoms with E-state index in [1.807, 2.05) is 79.7 Å². The Morgan fingerprint density at radius 3 is 2.33 bits per heavy atom. The van der Waals surface area contributed by atoms with Crippen molar-refractivity contribution in [2.75, 3.05) is 0 Å². The molecule has 7 heteroatoms. The summed E-state index contributed by atoms with van der Waals surface area (Å²) in [7, 11) is 0. The van der Waals surface area contributed by atoms with Gasteiger partial charge < -0.3 is 9.40 Å². The molecule has 0 saturated heterocycles. The van der Waals surface area contributed by atoms with Gasteiger partial charge in [0.25, 0.3) is 5.69 Å². The number of nitro benzene ring substituents is 1. The van der Waals surface area contributed by atoms with Gasteiger partial charge in [-0.25, -0.2) is 4.79 Å². The van der Waals surface area contributed by atoms with Crippen LogP contribution in [-0.2, 0) is 16.1 Å². The number of benzene rings is 4. The second-order valence-electron chi connectivity index (χ2n) is 8.58. The number of para-hydroxylation sites is 1. The fourth-order valence-corrected chi connectivity index (χ4v) is 4.45. The summed E-state index contributed by atoms with van der Waals surface area (Å²) in [4.78, 5) is 27.4. The van der Waals surface area contributed by atoms with Crippen LogP contribution in [0.2, 0.25) is 0 Å². The Morgan fingerprint density at radius 2 is 1.61 bits per heavy atom. The fraction of sp³-hybridized carbons (Fsp3) is 0.103. The van der Waals surface area contributed by atoms with Crippen molar-refractivity contribution in [3.8, 4) is 5.69 Å². The molecule has 1 aromatic heterocycles. The molecule has 0 amide bonds. The Kier molecular flexibility index (Phi) is 6.04. The van der Waals surface area contributed by atoms with Crippen molar-refractivity contribution in [2.24, 2.45) is 5.16 Å². The van der Waals surface area contributed by atoms with Gasteiger partial charge in [-0.05, 0) is 47.9 Å². The lowest BCUT2D eigenvalue weighted by atomic mass is 9.99. The molecule has 0 fully saturated rings. The van der Waals surface area contributed by atoms with Crippen LogP contribution < -0.4 is 0 Å². The Hall–Kier alpha value is -4.78. The molecule has 0 unspecified atom stereocenters. The molecule has 178 valence electrons. The lowest BCUT2D eigenvalue weighted by Gasteiger charge is -2.11. The number of non-ortho nitro benzene ring substituents is 1. The van der Waals surface area contributed by atoms with Gasteiger partial charge in [0.1, 0.15) is 0 Å². The average molecular weight is 478 g/mol. The summed E-state index contributed by atoms with van der Waals surface area (Å²) in [6.45, 7) is 3.36. The van der Waals surface area contributed by atoms with E-state index in [9.17, 15) is 14.9 Å². The quantitative estimate of drug-likeness (QED) is 0.121. The first-order valence-electron chi connectivity index (χ1n) is 11.5. The Balaban J connectivity index is 1.59. The van der Waals surface area contributed by atoms with E-state index in [4.69, 9.17) is 4.84 Å². The van der Waals surface area contributed by atoms with Gasteiger partial charge in [-0.3, -0.25) is 10.1 Å². The van der Waals surface area contributed by atoms with Crippen LogP contribution in [0.25, 0.3) is 27.5 Å². The van der Waals surface area contributed by atoms with E-state index >= 15 is 0 Å². The number of nitro groups is 1. The Labute approximate surface area is 207 Å². The molecule has 36 heavy (non-hydrogen) atoms. The lowest BCUT2D eigenvalue weighted by molar-refractivity contribution is -0.384. The highest BCUT2D eigenvalue weighted by molar-refractivity contribution is 6.10. The minimum atomic E-state index is -0.478. The Morgan fingerprint density at radius 1 is 0.917 bits per heavy atom. The van der Waals surface area contributed by atoms with Gasteiger partial charge in [0.05, 0.1) is 21.7 Å². The van der Waals surface area contributed by atoms with Crippen molar-refractivity contribution in [2.45, 2.75) is 20.3 Å². The number of rotatable bonds is 6. The van der Waals surface area contributed by atoms with Crippen LogP contribution in [0.15, 0.2) is 96.2 Å². The summed E-state index contributed by atoms with van der Waals surface area (Å²) in [5.74, 6) is -0.478. The lowest BCUT2D eigenvalue weighted by Crippen LogP contribution is -2.09. The standard InChI is InChI=1S/C29H23N3O4/c1-19-7-3-4-8-22(19)17-27(30-36-20(2)33)21-11-13-23(14-12-21)31-28-10-6-5-9-25(28)26-18-24(32(34)35)15-16-29(26)31/h3-16,18H,17H2,1-2H3/b30-27-. The second kappa shape index (κ2) is 9.46. The molecule has 5 aromatic rings. The van der Waals surface area contributed by atoms with E-state index in [-0.39, 0.29) is 10.6 Å². The van der Waals surface area contributed by atoms with E-state index in [2.05, 4.69) is 9.72 Å². The molecule has 0 saturated carbocycles. The topological polar surface area (TPSA) is 86.7 Å². The maximum absolute atomic E-state index is 11.4. The Bertz CT molecular complexity index is 1650. The van der Waals surface area contributed by atoms with E-state index in [1.54, 1.807) is 12.1 Å². The minimum Gasteiger partial charge on any atom is -0.318 e. The van der Waals surface area contributed by atoms with Gasteiger partial charge >= 0.3 is 5.97 Å². The van der Waals surface area contributed by atoms with Gasteiger partial charge in [-0.15, -0.1) is 0 Å². The number of hydrogen-bond acceptors (Lipinski definition) is 5. The monoisotopic (exact) mass is 477 g/mol. The molecule has 0 aliphatic rings. The smallest absolute Gasteiger partial charge is 0.318 e. The van der Waals surface area contributed by atoms with Crippen LogP contribution in [0.5, 0.6) is 0 Å². The summed E-state index contributed by atoms with van der Waals surface area (Å²) >= 11 is 0. The molecule has 0 bridgehead atoms. The zero-order valence-corrected chi connectivity index (χ0v) is 19.8. The minimum absolute atomic E-state index is 0.0586. The third kappa shape index (κ3) is 4.34. The van der Waals surface area contributed by atoms with Gasteiger partial charge in [0.2, 0.25) is 0 Å². The van der Waals surface area contributed by atoms with Crippen LogP contribution in [0.3, 0.4) is 0 Å². The molecule has 0 atom stereocenters. The third-order valence-electron chi connectivity index (χ3n) is 6.23. The predicted molar refractivity (Wildman–Crippen MR) is 141 cm³/mol. The fourth-order valence-electron chi connectivity index (χ4n) is 4.45. The number of aromatic nitrogens is 1. The van der Waals surface area contributed by atoms with Crippen LogP contribution in [-0.4, -0.2) is 21.2 Å². The van der Waals surface area contributed by atoms with E-state index in [0.717, 1.165) is 44.2 Å². The van der Waals surface area contributed by atoms with E-state index in [1.165, 1.54) is 13.0 Å². The molecule has 0 radical (unpaired) electrons.